The molecule has 0 spiro atoms. The van der Waals surface area contributed by atoms with Crippen molar-refractivity contribution in [1.29, 1.82) is 0 Å². The maximum absolute atomic E-state index is 8.42. The maximum Gasteiger partial charge on any atom is 1.00 e. The first-order chi connectivity index (χ1) is 8.66. The summed E-state index contributed by atoms with van der Waals surface area (Å²) >= 11 is 0. The average molecular weight is 639 g/mol. The van der Waals surface area contributed by atoms with Crippen molar-refractivity contribution in [2.45, 2.75) is 0 Å². The second kappa shape index (κ2) is 126. The van der Waals surface area contributed by atoms with Crippen LogP contribution in [0.1, 0.15) is 0 Å². The van der Waals surface area contributed by atoms with E-state index in [-0.39, 0.29) is 443 Å². The van der Waals surface area contributed by atoms with Crippen LogP contribution in [0, 0.1) is 0 Å². The first-order valence-electron chi connectivity index (χ1n) is 3.54. The van der Waals surface area contributed by atoms with Gasteiger partial charge in [0.2, 0.25) is 0 Å². The molecule has 0 aromatic carbocycles. The van der Waals surface area contributed by atoms with Gasteiger partial charge in [-0.05, 0) is 0 Å². The summed E-state index contributed by atoms with van der Waals surface area (Å²) in [5.41, 5.74) is 0. The molecule has 120 valence electrons. The van der Waals surface area contributed by atoms with Gasteiger partial charge in [0.1, 0.15) is 0 Å². The molecule has 0 aromatic rings. The molecule has 35 heteroatoms. The van der Waals surface area contributed by atoms with Crippen LogP contribution < -0.4 is 519 Å². The van der Waals surface area contributed by atoms with E-state index in [4.69, 9.17) is 75.4 Å². The number of hydrogen-bond acceptors (Lipinski definition) is 15. The molecule has 0 aliphatic rings. The molecule has 0 radical (unpaired) electrons. The Kier molecular flexibility index (Phi) is 479. The van der Waals surface area contributed by atoms with Crippen LogP contribution >= 0.6 is 0 Å². The summed E-state index contributed by atoms with van der Waals surface area (Å²) in [6.07, 6.45) is 0. The van der Waals surface area contributed by atoms with Crippen molar-refractivity contribution >= 4 is 36.6 Å². The van der Waals surface area contributed by atoms with Gasteiger partial charge in [0.05, 0.1) is 0 Å². The maximum atomic E-state index is 8.42. The standard InChI is InChI=1S/5BO3.15Na/c5*2-1(3)4;;;;;;;;;;;;;;;/q5*-3;15*+1. The quantitative estimate of drug-likeness (QED) is 0.222. The molecule has 0 aliphatic carbocycles. The van der Waals surface area contributed by atoms with Crippen molar-refractivity contribution in [3.05, 3.63) is 0 Å². The largest absolute Gasteiger partial charge is 1.00 e. The third-order valence-electron chi connectivity index (χ3n) is 0. The Hall–Kier alpha value is 14.7. The van der Waals surface area contributed by atoms with E-state index in [1.54, 1.807) is 0 Å². The molecule has 0 N–H and O–H groups in total. The van der Waals surface area contributed by atoms with E-state index in [0.717, 1.165) is 0 Å². The Balaban J connectivity index is -0.00000000403. The van der Waals surface area contributed by atoms with Crippen LogP contribution in [0.4, 0.5) is 0 Å². The molecule has 35 heavy (non-hydrogen) atoms. The van der Waals surface area contributed by atoms with Gasteiger partial charge in [-0.15, -0.1) is 0 Å². The van der Waals surface area contributed by atoms with Crippen LogP contribution in [0.15, 0.2) is 0 Å². The Morgan fingerprint density at radius 2 is 0.143 bits per heavy atom. The molecule has 0 unspecified atom stereocenters. The van der Waals surface area contributed by atoms with Gasteiger partial charge in [-0.2, -0.15) is 0 Å². The van der Waals surface area contributed by atoms with Crippen molar-refractivity contribution in [3.8, 4) is 0 Å². The van der Waals surface area contributed by atoms with Crippen LogP contribution in [0.5, 0.6) is 0 Å². The summed E-state index contributed by atoms with van der Waals surface area (Å²) in [4.78, 5) is 0. The van der Waals surface area contributed by atoms with Crippen LogP contribution in [0.25, 0.3) is 0 Å². The van der Waals surface area contributed by atoms with Crippen LogP contribution in [0.2, 0.25) is 0 Å². The molecule has 15 nitrogen and oxygen atoms in total. The molecular weight excluding hydrogens is 639 g/mol. The predicted octanol–water partition coefficient (Wildman–Crippen LogP) is -64.7. The van der Waals surface area contributed by atoms with E-state index in [9.17, 15) is 0 Å². The van der Waals surface area contributed by atoms with E-state index >= 15 is 0 Å². The van der Waals surface area contributed by atoms with Gasteiger partial charge < -0.3 is 75.4 Å². The zero-order valence-corrected chi connectivity index (χ0v) is 54.0. The zero-order valence-electron chi connectivity index (χ0n) is 24.0. The van der Waals surface area contributed by atoms with E-state index in [0.29, 0.717) is 0 Å². The van der Waals surface area contributed by atoms with Gasteiger partial charge in [-0.3, -0.25) is 36.6 Å². The summed E-state index contributed by atoms with van der Waals surface area (Å²) in [5, 5.41) is 126. The molecule has 0 saturated carbocycles. The fraction of sp³-hybridized carbons (Fsp3) is 0. The molecule has 0 atom stereocenters. The Morgan fingerprint density at radius 3 is 0.143 bits per heavy atom. The molecule has 0 fully saturated rings. The van der Waals surface area contributed by atoms with E-state index < -0.39 is 36.6 Å². The third kappa shape index (κ3) is 491. The van der Waals surface area contributed by atoms with Crippen LogP contribution in [0.3, 0.4) is 0 Å². The van der Waals surface area contributed by atoms with Crippen molar-refractivity contribution in [2.24, 2.45) is 0 Å². The topological polar surface area (TPSA) is 346 Å². The van der Waals surface area contributed by atoms with Gasteiger partial charge in [0.25, 0.3) is 0 Å². The van der Waals surface area contributed by atoms with E-state index in [1.165, 1.54) is 0 Å². The van der Waals surface area contributed by atoms with Gasteiger partial charge in [0, 0.05) is 0 Å². The van der Waals surface area contributed by atoms with Crippen LogP contribution in [-0.4, -0.2) is 36.6 Å². The van der Waals surface area contributed by atoms with Crippen molar-refractivity contribution in [3.63, 3.8) is 0 Å². The second-order valence-corrected chi connectivity index (χ2v) is 1.44. The zero-order chi connectivity index (χ0) is 17.9. The normalized spacial score (nSPS) is 3.86. The predicted molar refractivity (Wildman–Crippen MR) is 28.8 cm³/mol. The second-order valence-electron chi connectivity index (χ2n) is 1.44. The summed E-state index contributed by atoms with van der Waals surface area (Å²) in [5.74, 6) is 0. The smallest absolute Gasteiger partial charge is 0.907 e. The van der Waals surface area contributed by atoms with Crippen molar-refractivity contribution in [2.75, 3.05) is 0 Å². The third-order valence-corrected chi connectivity index (χ3v) is 0. The first kappa shape index (κ1) is 134. The minimum absolute atomic E-state index is 0. The molecule has 0 saturated heterocycles. The minimum atomic E-state index is -2.92. The number of hydrogen-bond donors (Lipinski definition) is 0. The van der Waals surface area contributed by atoms with Gasteiger partial charge in [0.15, 0.2) is 0 Å². The van der Waals surface area contributed by atoms with Crippen LogP contribution in [-0.2, 0) is 0 Å². The van der Waals surface area contributed by atoms with E-state index in [1.807, 2.05) is 0 Å². The monoisotopic (exact) mass is 640 g/mol. The van der Waals surface area contributed by atoms with Crippen molar-refractivity contribution < 1.29 is 519 Å². The van der Waals surface area contributed by atoms with Gasteiger partial charge >= 0.3 is 443 Å². The molecule has 0 rings (SSSR count). The fourth-order valence-corrected chi connectivity index (χ4v) is 0. The summed E-state index contributed by atoms with van der Waals surface area (Å²) in [6.45, 7) is 0. The Labute approximate surface area is 539 Å². The van der Waals surface area contributed by atoms with Gasteiger partial charge in [-0.25, -0.2) is 0 Å². The summed E-state index contributed by atoms with van der Waals surface area (Å²) < 4.78 is 0. The average Bonchev–Trinajstić information content (AvgIpc) is 1.94. The molecule has 0 aromatic heterocycles. The first-order valence-corrected chi connectivity index (χ1v) is 3.54. The Morgan fingerprint density at radius 1 is 0.143 bits per heavy atom. The molecule has 0 amide bonds. The molecular formula is B5Na15O15. The van der Waals surface area contributed by atoms with Gasteiger partial charge in [-0.1, -0.05) is 0 Å². The Bertz CT molecular complexity index is 109. The summed E-state index contributed by atoms with van der Waals surface area (Å²) in [6, 6.07) is 0. The number of rotatable bonds is 0. The summed E-state index contributed by atoms with van der Waals surface area (Å²) in [7, 11) is -14.6. The van der Waals surface area contributed by atoms with E-state index in [2.05, 4.69) is 0 Å². The van der Waals surface area contributed by atoms with Crippen molar-refractivity contribution in [1.82, 2.24) is 0 Å². The SMILES string of the molecule is [Na+].[Na+].[Na+].[Na+].[Na+].[Na+].[Na+].[Na+].[Na+].[Na+].[Na+].[Na+].[Na+].[Na+].[Na+].[O-]B([O-])[O-].[O-]B([O-])[O-].[O-]B([O-])[O-].[O-]B([O-])[O-].[O-]B([O-])[O-]. The molecule has 0 bridgehead atoms. The molecule has 0 aliphatic heterocycles. The molecule has 0 heterocycles. The fourth-order valence-electron chi connectivity index (χ4n) is 0. The minimum Gasteiger partial charge on any atom is -0.907 e.